The molecular weight excluding hydrogens is 292 g/mol. The Morgan fingerprint density at radius 2 is 2.00 bits per heavy atom. The van der Waals surface area contributed by atoms with Crippen molar-refractivity contribution in [3.63, 3.8) is 0 Å². The number of rotatable bonds is 8. The van der Waals surface area contributed by atoms with Crippen molar-refractivity contribution in [2.75, 3.05) is 44.8 Å². The van der Waals surface area contributed by atoms with Crippen molar-refractivity contribution < 1.29 is 18.3 Å². The highest BCUT2D eigenvalue weighted by Crippen LogP contribution is 2.28. The van der Waals surface area contributed by atoms with E-state index in [2.05, 4.69) is 0 Å². The SMILES string of the molecule is CCN(CCO)CCS(=O)(=O)c1cc(OC)c(N)cc1C. The fourth-order valence-electron chi connectivity index (χ4n) is 2.13. The summed E-state index contributed by atoms with van der Waals surface area (Å²) in [4.78, 5) is 2.13. The number of aliphatic hydroxyl groups is 1. The maximum absolute atomic E-state index is 12.5. The minimum absolute atomic E-state index is 0.00521. The molecule has 1 aromatic rings. The van der Waals surface area contributed by atoms with Crippen molar-refractivity contribution in [3.05, 3.63) is 17.7 Å². The van der Waals surface area contributed by atoms with Crippen LogP contribution in [0.2, 0.25) is 0 Å². The van der Waals surface area contributed by atoms with Crippen molar-refractivity contribution in [3.8, 4) is 5.75 Å². The number of ether oxygens (including phenoxy) is 1. The Morgan fingerprint density at radius 1 is 1.33 bits per heavy atom. The van der Waals surface area contributed by atoms with Gasteiger partial charge in [0.15, 0.2) is 9.84 Å². The van der Waals surface area contributed by atoms with E-state index in [1.165, 1.54) is 13.2 Å². The summed E-state index contributed by atoms with van der Waals surface area (Å²) >= 11 is 0. The van der Waals surface area contributed by atoms with Crippen LogP contribution in [0.1, 0.15) is 12.5 Å². The number of anilines is 1. The molecule has 3 N–H and O–H groups in total. The van der Waals surface area contributed by atoms with Crippen LogP contribution in [0.15, 0.2) is 17.0 Å². The number of nitrogens with zero attached hydrogens (tertiary/aromatic N) is 1. The van der Waals surface area contributed by atoms with Gasteiger partial charge in [0.1, 0.15) is 5.75 Å². The predicted octanol–water partition coefficient (Wildman–Crippen LogP) is 0.674. The van der Waals surface area contributed by atoms with Crippen molar-refractivity contribution in [2.24, 2.45) is 0 Å². The molecule has 0 aromatic heterocycles. The van der Waals surface area contributed by atoms with Gasteiger partial charge in [-0.15, -0.1) is 0 Å². The number of nitrogens with two attached hydrogens (primary N) is 1. The Hall–Kier alpha value is -1.31. The quantitative estimate of drug-likeness (QED) is 0.685. The molecular formula is C14H24N2O4S. The fourth-order valence-corrected chi connectivity index (χ4v) is 3.69. The van der Waals surface area contributed by atoms with Gasteiger partial charge in [-0.05, 0) is 25.1 Å². The van der Waals surface area contributed by atoms with Crippen molar-refractivity contribution in [1.29, 1.82) is 0 Å². The summed E-state index contributed by atoms with van der Waals surface area (Å²) in [5.41, 5.74) is 6.80. The first-order valence-corrected chi connectivity index (χ1v) is 8.51. The van der Waals surface area contributed by atoms with Gasteiger partial charge in [0.05, 0.1) is 30.1 Å². The van der Waals surface area contributed by atoms with Gasteiger partial charge in [0.2, 0.25) is 0 Å². The number of likely N-dealkylation sites (N-methyl/N-ethyl adjacent to an activating group) is 1. The van der Waals surface area contributed by atoms with Crippen LogP contribution in [0, 0.1) is 6.92 Å². The average molecular weight is 316 g/mol. The maximum Gasteiger partial charge on any atom is 0.180 e. The Morgan fingerprint density at radius 3 is 2.52 bits per heavy atom. The third-order valence-corrected chi connectivity index (χ3v) is 5.23. The number of sulfone groups is 1. The van der Waals surface area contributed by atoms with Gasteiger partial charge in [-0.25, -0.2) is 8.42 Å². The van der Waals surface area contributed by atoms with E-state index in [1.54, 1.807) is 13.0 Å². The maximum atomic E-state index is 12.5. The Labute approximate surface area is 126 Å². The second-order valence-electron chi connectivity index (χ2n) is 4.84. The van der Waals surface area contributed by atoms with Crippen LogP contribution in [0.3, 0.4) is 0 Å². The zero-order valence-electron chi connectivity index (χ0n) is 12.8. The molecule has 0 aliphatic heterocycles. The van der Waals surface area contributed by atoms with E-state index in [0.717, 1.165) is 0 Å². The smallest absolute Gasteiger partial charge is 0.180 e. The molecule has 0 aliphatic rings. The predicted molar refractivity (Wildman–Crippen MR) is 83.4 cm³/mol. The topological polar surface area (TPSA) is 92.9 Å². The minimum Gasteiger partial charge on any atom is -0.495 e. The van der Waals surface area contributed by atoms with Crippen molar-refractivity contribution in [2.45, 2.75) is 18.7 Å². The molecule has 0 aliphatic carbocycles. The highest BCUT2D eigenvalue weighted by molar-refractivity contribution is 7.91. The minimum atomic E-state index is -3.42. The molecule has 0 spiro atoms. The fraction of sp³-hybridized carbons (Fsp3) is 0.571. The van der Waals surface area contributed by atoms with Crippen LogP contribution in [0.25, 0.3) is 0 Å². The van der Waals surface area contributed by atoms with Crippen LogP contribution < -0.4 is 10.5 Å². The molecule has 1 aromatic carbocycles. The van der Waals surface area contributed by atoms with E-state index < -0.39 is 9.84 Å². The lowest BCUT2D eigenvalue weighted by Crippen LogP contribution is -2.31. The number of hydrogen-bond donors (Lipinski definition) is 2. The molecule has 7 heteroatoms. The highest BCUT2D eigenvalue weighted by Gasteiger charge is 2.20. The van der Waals surface area contributed by atoms with Crippen LogP contribution in [-0.4, -0.2) is 57.5 Å². The first kappa shape index (κ1) is 17.7. The lowest BCUT2D eigenvalue weighted by molar-refractivity contribution is 0.209. The summed E-state index contributed by atoms with van der Waals surface area (Å²) in [5, 5.41) is 8.94. The number of nitrogen functional groups attached to an aromatic ring is 1. The first-order chi connectivity index (χ1) is 9.85. The number of hydrogen-bond acceptors (Lipinski definition) is 6. The van der Waals surface area contributed by atoms with Gasteiger partial charge in [0.25, 0.3) is 0 Å². The molecule has 0 unspecified atom stereocenters. The second kappa shape index (κ2) is 7.63. The lowest BCUT2D eigenvalue weighted by Gasteiger charge is -2.19. The van der Waals surface area contributed by atoms with Crippen LogP contribution >= 0.6 is 0 Å². The normalized spacial score (nSPS) is 11.9. The third kappa shape index (κ3) is 4.59. The summed E-state index contributed by atoms with van der Waals surface area (Å²) in [7, 11) is -1.97. The van der Waals surface area contributed by atoms with Crippen molar-refractivity contribution >= 4 is 15.5 Å². The Kier molecular flexibility index (Phi) is 6.44. The van der Waals surface area contributed by atoms with E-state index in [-0.39, 0.29) is 17.3 Å². The molecule has 0 saturated heterocycles. The van der Waals surface area contributed by atoms with E-state index in [0.29, 0.717) is 36.6 Å². The van der Waals surface area contributed by atoms with Gasteiger partial charge in [-0.2, -0.15) is 0 Å². The zero-order valence-corrected chi connectivity index (χ0v) is 13.6. The third-order valence-electron chi connectivity index (χ3n) is 3.40. The molecule has 0 amide bonds. The number of aryl methyl sites for hydroxylation is 1. The van der Waals surface area contributed by atoms with E-state index >= 15 is 0 Å². The molecule has 120 valence electrons. The number of aliphatic hydroxyl groups excluding tert-OH is 1. The zero-order chi connectivity index (χ0) is 16.0. The van der Waals surface area contributed by atoms with Crippen LogP contribution in [0.4, 0.5) is 5.69 Å². The second-order valence-corrected chi connectivity index (χ2v) is 6.91. The van der Waals surface area contributed by atoms with Gasteiger partial charge >= 0.3 is 0 Å². The molecule has 0 radical (unpaired) electrons. The number of methoxy groups -OCH3 is 1. The lowest BCUT2D eigenvalue weighted by atomic mass is 10.2. The monoisotopic (exact) mass is 316 g/mol. The summed E-state index contributed by atoms with van der Waals surface area (Å²) < 4.78 is 30.0. The van der Waals surface area contributed by atoms with Gasteiger partial charge in [-0.1, -0.05) is 6.92 Å². The summed E-state index contributed by atoms with van der Waals surface area (Å²) in [6.07, 6.45) is 0. The summed E-state index contributed by atoms with van der Waals surface area (Å²) in [5.74, 6) is 0.358. The molecule has 0 bridgehead atoms. The van der Waals surface area contributed by atoms with E-state index in [1.807, 2.05) is 11.8 Å². The molecule has 6 nitrogen and oxygen atoms in total. The standard InChI is InChI=1S/C14H24N2O4S/c1-4-16(5-7-17)6-8-21(18,19)14-10-13(20-3)12(15)9-11(14)2/h9-10,17H,4-8,15H2,1-3H3. The molecule has 0 saturated carbocycles. The van der Waals surface area contributed by atoms with Gasteiger partial charge < -0.3 is 20.5 Å². The molecule has 21 heavy (non-hydrogen) atoms. The van der Waals surface area contributed by atoms with Crippen LogP contribution in [0.5, 0.6) is 5.75 Å². The largest absolute Gasteiger partial charge is 0.495 e. The first-order valence-electron chi connectivity index (χ1n) is 6.85. The molecule has 1 rings (SSSR count). The van der Waals surface area contributed by atoms with E-state index in [4.69, 9.17) is 15.6 Å². The summed E-state index contributed by atoms with van der Waals surface area (Å²) in [6, 6.07) is 3.08. The molecule has 0 atom stereocenters. The van der Waals surface area contributed by atoms with Gasteiger partial charge in [-0.3, -0.25) is 0 Å². The van der Waals surface area contributed by atoms with Crippen molar-refractivity contribution in [1.82, 2.24) is 4.90 Å². The average Bonchev–Trinajstić information content (AvgIpc) is 2.43. The highest BCUT2D eigenvalue weighted by atomic mass is 32.2. The Balaban J connectivity index is 2.97. The number of benzene rings is 1. The van der Waals surface area contributed by atoms with Crippen LogP contribution in [-0.2, 0) is 9.84 Å². The van der Waals surface area contributed by atoms with E-state index in [9.17, 15) is 8.42 Å². The molecule has 0 heterocycles. The van der Waals surface area contributed by atoms with Gasteiger partial charge in [0, 0.05) is 19.2 Å². The summed E-state index contributed by atoms with van der Waals surface area (Å²) in [6.45, 7) is 5.21. The Bertz CT molecular complexity index is 573. The molecule has 0 fully saturated rings.